The third-order valence-corrected chi connectivity index (χ3v) is 6.39. The van der Waals surface area contributed by atoms with Gasteiger partial charge < -0.3 is 4.57 Å². The van der Waals surface area contributed by atoms with Crippen molar-refractivity contribution in [3.8, 4) is 0 Å². The fourth-order valence-electron chi connectivity index (χ4n) is 3.08. The van der Waals surface area contributed by atoms with Crippen LogP contribution in [0.4, 0.5) is 4.39 Å². The van der Waals surface area contributed by atoms with Crippen LogP contribution in [-0.4, -0.2) is 19.1 Å². The summed E-state index contributed by atoms with van der Waals surface area (Å²) in [4.78, 5) is 31.4. The van der Waals surface area contributed by atoms with Crippen molar-refractivity contribution in [2.24, 2.45) is 7.05 Å². The Labute approximate surface area is 184 Å². The Kier molecular flexibility index (Phi) is 5.73. The molecule has 0 saturated heterocycles. The highest BCUT2D eigenvalue weighted by Gasteiger charge is 2.19. The second-order valence-electron chi connectivity index (χ2n) is 6.55. The topological polar surface area (TPSA) is 72.7 Å². The number of thioether (sulfide) groups is 1. The van der Waals surface area contributed by atoms with Crippen LogP contribution in [0.15, 0.2) is 57.2 Å². The van der Waals surface area contributed by atoms with Gasteiger partial charge in [0.2, 0.25) is 0 Å². The number of nitrogens with one attached hydrogen (secondary N) is 1. The van der Waals surface area contributed by atoms with Gasteiger partial charge in [-0.1, -0.05) is 59.2 Å². The minimum Gasteiger partial charge on any atom is -0.309 e. The van der Waals surface area contributed by atoms with Gasteiger partial charge in [0.1, 0.15) is 5.82 Å². The molecule has 4 rings (SSSR count). The van der Waals surface area contributed by atoms with Gasteiger partial charge in [-0.2, -0.15) is 0 Å². The second kappa shape index (κ2) is 8.29. The Balaban J connectivity index is 1.85. The van der Waals surface area contributed by atoms with Crippen molar-refractivity contribution in [3.63, 3.8) is 0 Å². The zero-order valence-electron chi connectivity index (χ0n) is 15.7. The number of imidazole rings is 1. The number of nitrogens with zero attached hydrogens (tertiary/aromatic N) is 3. The Bertz CT molecular complexity index is 1360. The van der Waals surface area contributed by atoms with Crippen LogP contribution in [0.3, 0.4) is 0 Å². The smallest absolute Gasteiger partial charge is 0.309 e. The maximum atomic E-state index is 14.2. The van der Waals surface area contributed by atoms with Crippen LogP contribution < -0.4 is 11.2 Å². The van der Waals surface area contributed by atoms with Gasteiger partial charge in [0, 0.05) is 28.4 Å². The first-order valence-electron chi connectivity index (χ1n) is 8.85. The van der Waals surface area contributed by atoms with Crippen molar-refractivity contribution in [2.45, 2.75) is 17.5 Å². The first kappa shape index (κ1) is 20.7. The van der Waals surface area contributed by atoms with E-state index in [1.54, 1.807) is 16.7 Å². The predicted molar refractivity (Wildman–Crippen MR) is 117 cm³/mol. The van der Waals surface area contributed by atoms with E-state index in [9.17, 15) is 14.0 Å². The monoisotopic (exact) mass is 464 g/mol. The predicted octanol–water partition coefficient (Wildman–Crippen LogP) is 4.21. The van der Waals surface area contributed by atoms with Gasteiger partial charge in [0.15, 0.2) is 16.3 Å². The van der Waals surface area contributed by atoms with E-state index in [1.807, 2.05) is 18.2 Å². The average molecular weight is 465 g/mol. The highest BCUT2D eigenvalue weighted by molar-refractivity contribution is 7.98. The molecule has 2 aromatic heterocycles. The number of rotatable bonds is 5. The molecule has 0 bridgehead atoms. The lowest BCUT2D eigenvalue weighted by molar-refractivity contribution is 0.617. The average Bonchev–Trinajstić information content (AvgIpc) is 3.06. The molecule has 4 aromatic rings. The Morgan fingerprint density at radius 1 is 1.10 bits per heavy atom. The molecule has 10 heteroatoms. The van der Waals surface area contributed by atoms with Crippen LogP contribution in [0.1, 0.15) is 11.1 Å². The van der Waals surface area contributed by atoms with Gasteiger partial charge in [-0.05, 0) is 23.8 Å². The van der Waals surface area contributed by atoms with Gasteiger partial charge in [-0.3, -0.25) is 14.3 Å². The first-order valence-corrected chi connectivity index (χ1v) is 10.6. The quantitative estimate of drug-likeness (QED) is 0.449. The molecule has 0 spiro atoms. The molecular formula is C20H15Cl2FN4O2S. The maximum absolute atomic E-state index is 14.2. The molecule has 6 nitrogen and oxygen atoms in total. The Morgan fingerprint density at radius 2 is 1.83 bits per heavy atom. The summed E-state index contributed by atoms with van der Waals surface area (Å²) in [5.74, 6) is -0.225. The number of aromatic amines is 1. The SMILES string of the molecule is Cn1c(=O)[nH]c(=O)c2c1nc(SCc1c(F)cccc1Cl)n2Cc1ccccc1Cl. The van der Waals surface area contributed by atoms with Gasteiger partial charge in [0.05, 0.1) is 6.54 Å². The molecule has 2 aromatic carbocycles. The van der Waals surface area contributed by atoms with Crippen LogP contribution in [0.2, 0.25) is 10.0 Å². The van der Waals surface area contributed by atoms with Crippen LogP contribution in [-0.2, 0) is 19.3 Å². The summed E-state index contributed by atoms with van der Waals surface area (Å²) in [6.45, 7) is 0.255. The molecule has 0 saturated carbocycles. The molecule has 0 amide bonds. The van der Waals surface area contributed by atoms with Gasteiger partial charge in [0.25, 0.3) is 5.56 Å². The maximum Gasteiger partial charge on any atom is 0.329 e. The highest BCUT2D eigenvalue weighted by Crippen LogP contribution is 2.30. The summed E-state index contributed by atoms with van der Waals surface area (Å²) in [6.07, 6.45) is 0. The summed E-state index contributed by atoms with van der Waals surface area (Å²) in [5.41, 5.74) is 0.463. The molecule has 0 aliphatic carbocycles. The fourth-order valence-corrected chi connectivity index (χ4v) is 4.61. The van der Waals surface area contributed by atoms with Gasteiger partial charge in [-0.15, -0.1) is 0 Å². The molecule has 0 aliphatic rings. The third-order valence-electron chi connectivity index (χ3n) is 4.67. The number of H-pyrrole nitrogens is 1. The molecule has 0 radical (unpaired) electrons. The second-order valence-corrected chi connectivity index (χ2v) is 8.31. The summed E-state index contributed by atoms with van der Waals surface area (Å²) < 4.78 is 17.1. The van der Waals surface area contributed by atoms with E-state index in [0.717, 1.165) is 5.56 Å². The van der Waals surface area contributed by atoms with Crippen LogP contribution in [0, 0.1) is 5.82 Å². The molecule has 30 heavy (non-hydrogen) atoms. The van der Waals surface area contributed by atoms with E-state index in [0.29, 0.717) is 20.8 Å². The standard InChI is InChI=1S/C20H15Cl2FN4O2S/c1-26-17-16(18(28)25-19(26)29)27(9-11-5-2-3-6-13(11)21)20(24-17)30-10-12-14(22)7-4-8-15(12)23/h2-8H,9-10H2,1H3,(H,25,28,29). The van der Waals surface area contributed by atoms with Crippen LogP contribution in [0.5, 0.6) is 0 Å². The Morgan fingerprint density at radius 3 is 2.57 bits per heavy atom. The number of halogens is 3. The molecule has 0 unspecified atom stereocenters. The zero-order chi connectivity index (χ0) is 21.4. The molecule has 0 atom stereocenters. The number of aryl methyl sites for hydroxylation is 1. The number of benzene rings is 2. The van der Waals surface area contributed by atoms with E-state index < -0.39 is 17.1 Å². The molecule has 1 N–H and O–H groups in total. The molecule has 154 valence electrons. The summed E-state index contributed by atoms with van der Waals surface area (Å²) in [6, 6.07) is 11.7. The van der Waals surface area contributed by atoms with Gasteiger partial charge in [-0.25, -0.2) is 14.2 Å². The summed E-state index contributed by atoms with van der Waals surface area (Å²) in [5, 5.41) is 1.28. The van der Waals surface area contributed by atoms with Gasteiger partial charge >= 0.3 is 5.69 Å². The van der Waals surface area contributed by atoms with E-state index in [-0.39, 0.29) is 23.5 Å². The van der Waals surface area contributed by atoms with E-state index in [4.69, 9.17) is 23.2 Å². The number of aromatic nitrogens is 4. The Hall–Kier alpha value is -2.55. The molecular weight excluding hydrogens is 450 g/mol. The number of hydrogen-bond acceptors (Lipinski definition) is 4. The van der Waals surface area contributed by atoms with Crippen LogP contribution >= 0.6 is 35.0 Å². The fraction of sp³-hybridized carbons (Fsp3) is 0.150. The lowest BCUT2D eigenvalue weighted by Crippen LogP contribution is -2.29. The minimum atomic E-state index is -0.566. The first-order chi connectivity index (χ1) is 14.4. The third kappa shape index (κ3) is 3.78. The van der Waals surface area contributed by atoms with Crippen molar-refractivity contribution in [1.82, 2.24) is 19.1 Å². The van der Waals surface area contributed by atoms with E-state index in [1.165, 1.54) is 35.5 Å². The highest BCUT2D eigenvalue weighted by atomic mass is 35.5. The van der Waals surface area contributed by atoms with Crippen molar-refractivity contribution in [2.75, 3.05) is 0 Å². The number of fused-ring (bicyclic) bond motifs is 1. The van der Waals surface area contributed by atoms with Crippen molar-refractivity contribution < 1.29 is 4.39 Å². The van der Waals surface area contributed by atoms with E-state index in [2.05, 4.69) is 9.97 Å². The summed E-state index contributed by atoms with van der Waals surface area (Å²) >= 11 is 13.7. The molecule has 0 fully saturated rings. The molecule has 2 heterocycles. The summed E-state index contributed by atoms with van der Waals surface area (Å²) in [7, 11) is 1.52. The normalized spacial score (nSPS) is 11.3. The lowest BCUT2D eigenvalue weighted by Gasteiger charge is -2.11. The minimum absolute atomic E-state index is 0.198. The van der Waals surface area contributed by atoms with Crippen molar-refractivity contribution in [1.29, 1.82) is 0 Å². The van der Waals surface area contributed by atoms with Crippen LogP contribution in [0.25, 0.3) is 11.2 Å². The lowest BCUT2D eigenvalue weighted by atomic mass is 10.2. The van der Waals surface area contributed by atoms with Crippen molar-refractivity contribution in [3.05, 3.63) is 90.3 Å². The largest absolute Gasteiger partial charge is 0.329 e. The van der Waals surface area contributed by atoms with Crippen molar-refractivity contribution >= 4 is 46.1 Å². The van der Waals surface area contributed by atoms with E-state index >= 15 is 0 Å². The number of hydrogen-bond donors (Lipinski definition) is 1. The molecule has 0 aliphatic heterocycles. The zero-order valence-corrected chi connectivity index (χ0v) is 18.0.